The molecule has 4 nitrogen and oxygen atoms in total. The normalized spacial score (nSPS) is 16.9. The summed E-state index contributed by atoms with van der Waals surface area (Å²) in [5.41, 5.74) is 0.773. The monoisotopic (exact) mass is 268 g/mol. The molecule has 2 heterocycles. The summed E-state index contributed by atoms with van der Waals surface area (Å²) in [6.45, 7) is 5.20. The van der Waals surface area contributed by atoms with Crippen molar-refractivity contribution < 1.29 is 9.90 Å². The third-order valence-electron chi connectivity index (χ3n) is 3.26. The lowest BCUT2D eigenvalue weighted by molar-refractivity contribution is -0.136. The second-order valence-corrected chi connectivity index (χ2v) is 5.91. The van der Waals surface area contributed by atoms with Crippen molar-refractivity contribution in [3.63, 3.8) is 0 Å². The lowest BCUT2D eigenvalue weighted by Gasteiger charge is -2.25. The molecule has 0 unspecified atom stereocenters. The summed E-state index contributed by atoms with van der Waals surface area (Å²) in [4.78, 5) is 18.9. The Hall–Kier alpha value is -0.940. The summed E-state index contributed by atoms with van der Waals surface area (Å²) in [6.07, 6.45) is 4.78. The third-order valence-corrected chi connectivity index (χ3v) is 4.49. The van der Waals surface area contributed by atoms with E-state index in [1.165, 1.54) is 19.3 Å². The molecule has 100 valence electrons. The number of rotatable bonds is 5. The average molecular weight is 268 g/mol. The van der Waals surface area contributed by atoms with Gasteiger partial charge in [-0.1, -0.05) is 13.3 Å². The average Bonchev–Trinajstić information content (AvgIpc) is 2.72. The Bertz CT molecular complexity index is 411. The van der Waals surface area contributed by atoms with Crippen LogP contribution in [0.1, 0.15) is 41.8 Å². The minimum Gasteiger partial charge on any atom is -0.481 e. The fourth-order valence-corrected chi connectivity index (χ4v) is 3.38. The molecule has 1 aromatic rings. The van der Waals surface area contributed by atoms with Gasteiger partial charge in [0.05, 0.1) is 17.1 Å². The molecule has 1 fully saturated rings. The smallest absolute Gasteiger partial charge is 0.309 e. The minimum absolute atomic E-state index is 0.0552. The highest BCUT2D eigenvalue weighted by Gasteiger charge is 2.17. The second kappa shape index (κ2) is 6.29. The van der Waals surface area contributed by atoms with E-state index in [1.807, 2.05) is 0 Å². The van der Waals surface area contributed by atoms with Gasteiger partial charge in [0.1, 0.15) is 0 Å². The minimum atomic E-state index is -0.789. The largest absolute Gasteiger partial charge is 0.481 e. The van der Waals surface area contributed by atoms with E-state index in [4.69, 9.17) is 5.11 Å². The van der Waals surface area contributed by atoms with Crippen LogP contribution in [-0.2, 0) is 24.2 Å². The number of likely N-dealkylation sites (tertiary alicyclic amines) is 1. The number of thiazole rings is 1. The number of piperidine rings is 1. The number of aryl methyl sites for hydroxylation is 1. The number of aromatic nitrogens is 1. The van der Waals surface area contributed by atoms with Crippen LogP contribution in [0, 0.1) is 0 Å². The molecule has 0 amide bonds. The first-order valence-corrected chi connectivity index (χ1v) is 7.42. The van der Waals surface area contributed by atoms with E-state index in [0.717, 1.165) is 41.6 Å². The first-order chi connectivity index (χ1) is 8.69. The summed E-state index contributed by atoms with van der Waals surface area (Å²) in [7, 11) is 0. The molecule has 1 aliphatic heterocycles. The van der Waals surface area contributed by atoms with Crippen molar-refractivity contribution >= 4 is 17.3 Å². The van der Waals surface area contributed by atoms with Gasteiger partial charge in [-0.15, -0.1) is 11.3 Å². The van der Waals surface area contributed by atoms with Gasteiger partial charge in [-0.25, -0.2) is 4.98 Å². The van der Waals surface area contributed by atoms with Crippen molar-refractivity contribution in [1.29, 1.82) is 0 Å². The van der Waals surface area contributed by atoms with E-state index in [9.17, 15) is 4.79 Å². The van der Waals surface area contributed by atoms with Crippen LogP contribution in [0.25, 0.3) is 0 Å². The Morgan fingerprint density at radius 1 is 1.39 bits per heavy atom. The van der Waals surface area contributed by atoms with Crippen LogP contribution in [0.5, 0.6) is 0 Å². The lowest BCUT2D eigenvalue weighted by Crippen LogP contribution is -2.29. The molecule has 0 bridgehead atoms. The molecule has 1 N–H and O–H groups in total. The van der Waals surface area contributed by atoms with E-state index >= 15 is 0 Å². The number of carbonyl (C=O) groups is 1. The van der Waals surface area contributed by atoms with Gasteiger partial charge in [0.15, 0.2) is 0 Å². The predicted octanol–water partition coefficient (Wildman–Crippen LogP) is 2.32. The Morgan fingerprint density at radius 2 is 2.11 bits per heavy atom. The molecule has 2 rings (SSSR count). The van der Waals surface area contributed by atoms with Gasteiger partial charge in [0.25, 0.3) is 0 Å². The zero-order valence-corrected chi connectivity index (χ0v) is 11.6. The molecule has 0 spiro atoms. The van der Waals surface area contributed by atoms with Gasteiger partial charge in [0.2, 0.25) is 0 Å². The van der Waals surface area contributed by atoms with Gasteiger partial charge in [-0.05, 0) is 32.4 Å². The van der Waals surface area contributed by atoms with Gasteiger partial charge in [-0.3, -0.25) is 9.69 Å². The fourth-order valence-electron chi connectivity index (χ4n) is 2.31. The van der Waals surface area contributed by atoms with Crippen LogP contribution < -0.4 is 0 Å². The molecular formula is C13H20N2O2S. The van der Waals surface area contributed by atoms with Gasteiger partial charge < -0.3 is 5.11 Å². The maximum absolute atomic E-state index is 10.9. The zero-order chi connectivity index (χ0) is 13.0. The van der Waals surface area contributed by atoms with Crippen molar-refractivity contribution in [2.45, 2.75) is 45.6 Å². The molecule has 0 atom stereocenters. The molecule has 5 heteroatoms. The highest BCUT2D eigenvalue weighted by atomic mass is 32.1. The van der Waals surface area contributed by atoms with Gasteiger partial charge in [-0.2, -0.15) is 0 Å². The van der Waals surface area contributed by atoms with Crippen LogP contribution in [0.3, 0.4) is 0 Å². The Balaban J connectivity index is 2.08. The standard InChI is InChI=1S/C13H20N2O2S/c1-2-12-14-10(8-13(16)17)11(18-12)9-15-6-4-3-5-7-15/h2-9H2,1H3,(H,16,17). The van der Waals surface area contributed by atoms with Crippen molar-refractivity contribution in [3.05, 3.63) is 15.6 Å². The van der Waals surface area contributed by atoms with Crippen LogP contribution in [0.2, 0.25) is 0 Å². The first kappa shape index (κ1) is 13.5. The van der Waals surface area contributed by atoms with Crippen LogP contribution in [0.15, 0.2) is 0 Å². The maximum atomic E-state index is 10.9. The highest BCUT2D eigenvalue weighted by Crippen LogP contribution is 2.23. The molecule has 1 saturated heterocycles. The SMILES string of the molecule is CCc1nc(CC(=O)O)c(CN2CCCCC2)s1. The van der Waals surface area contributed by atoms with Crippen LogP contribution in [0.4, 0.5) is 0 Å². The quantitative estimate of drug-likeness (QED) is 0.890. The van der Waals surface area contributed by atoms with Crippen molar-refractivity contribution in [3.8, 4) is 0 Å². The molecule has 1 aromatic heterocycles. The summed E-state index contributed by atoms with van der Waals surface area (Å²) in [6, 6.07) is 0. The molecular weight excluding hydrogens is 248 g/mol. The van der Waals surface area contributed by atoms with Crippen molar-refractivity contribution in [2.75, 3.05) is 13.1 Å². The number of hydrogen-bond donors (Lipinski definition) is 1. The first-order valence-electron chi connectivity index (χ1n) is 6.60. The van der Waals surface area contributed by atoms with E-state index in [0.29, 0.717) is 0 Å². The molecule has 0 aromatic carbocycles. The van der Waals surface area contributed by atoms with E-state index in [2.05, 4.69) is 16.8 Å². The van der Waals surface area contributed by atoms with Gasteiger partial charge >= 0.3 is 5.97 Å². The third kappa shape index (κ3) is 3.53. The Morgan fingerprint density at radius 3 is 2.72 bits per heavy atom. The number of carboxylic acid groups (broad SMARTS) is 1. The Labute approximate surface area is 112 Å². The number of aliphatic carboxylic acids is 1. The Kier molecular flexibility index (Phi) is 4.72. The fraction of sp³-hybridized carbons (Fsp3) is 0.692. The topological polar surface area (TPSA) is 53.4 Å². The maximum Gasteiger partial charge on any atom is 0.309 e. The zero-order valence-electron chi connectivity index (χ0n) is 10.8. The lowest BCUT2D eigenvalue weighted by atomic mass is 10.1. The van der Waals surface area contributed by atoms with E-state index in [-0.39, 0.29) is 6.42 Å². The van der Waals surface area contributed by atoms with Crippen LogP contribution >= 0.6 is 11.3 Å². The second-order valence-electron chi connectivity index (χ2n) is 4.74. The molecule has 0 aliphatic carbocycles. The number of carboxylic acids is 1. The summed E-state index contributed by atoms with van der Waals surface area (Å²) >= 11 is 1.68. The van der Waals surface area contributed by atoms with Crippen molar-refractivity contribution in [2.24, 2.45) is 0 Å². The summed E-state index contributed by atoms with van der Waals surface area (Å²) < 4.78 is 0. The molecule has 18 heavy (non-hydrogen) atoms. The predicted molar refractivity (Wildman–Crippen MR) is 72.0 cm³/mol. The van der Waals surface area contributed by atoms with Crippen LogP contribution in [-0.4, -0.2) is 34.0 Å². The molecule has 0 saturated carbocycles. The van der Waals surface area contributed by atoms with E-state index in [1.54, 1.807) is 11.3 Å². The number of hydrogen-bond acceptors (Lipinski definition) is 4. The van der Waals surface area contributed by atoms with Gasteiger partial charge in [0, 0.05) is 11.4 Å². The number of nitrogens with zero attached hydrogens (tertiary/aromatic N) is 2. The molecule has 1 aliphatic rings. The summed E-state index contributed by atoms with van der Waals surface area (Å²) in [5.74, 6) is -0.789. The summed E-state index contributed by atoms with van der Waals surface area (Å²) in [5, 5.41) is 9.98. The van der Waals surface area contributed by atoms with Crippen molar-refractivity contribution in [1.82, 2.24) is 9.88 Å². The molecule has 0 radical (unpaired) electrons. The van der Waals surface area contributed by atoms with E-state index < -0.39 is 5.97 Å². The highest BCUT2D eigenvalue weighted by molar-refractivity contribution is 7.11.